The molecule has 0 bridgehead atoms. The molecule has 3 fully saturated rings. The number of carbonyl (C=O) groups is 2. The van der Waals surface area contributed by atoms with E-state index in [0.29, 0.717) is 5.56 Å². The van der Waals surface area contributed by atoms with Crippen LogP contribution in [-0.4, -0.2) is 224 Å². The van der Waals surface area contributed by atoms with Crippen LogP contribution in [0.5, 0.6) is 63.2 Å². The fraction of sp³-hybridized carbons (Fsp3) is 0.400. The van der Waals surface area contributed by atoms with E-state index in [1.807, 2.05) is 0 Å². The van der Waals surface area contributed by atoms with E-state index in [4.69, 9.17) is 61.3 Å². The maximum Gasteiger partial charge on any atom is 0.331 e. The van der Waals surface area contributed by atoms with Crippen LogP contribution in [0.15, 0.2) is 76.0 Å². The van der Waals surface area contributed by atoms with Crippen molar-refractivity contribution in [2.24, 2.45) is 0 Å². The second-order valence-electron chi connectivity index (χ2n) is 19.1. The van der Waals surface area contributed by atoms with Gasteiger partial charge in [-0.25, -0.2) is 9.59 Å². The number of aliphatic hydroxyl groups is 10. The van der Waals surface area contributed by atoms with Crippen molar-refractivity contribution in [1.82, 2.24) is 0 Å². The Labute approximate surface area is 479 Å². The minimum absolute atomic E-state index is 0.0117. The van der Waals surface area contributed by atoms with Gasteiger partial charge in [0.1, 0.15) is 96.2 Å². The summed E-state index contributed by atoms with van der Waals surface area (Å²) in [7, 11) is 5.10. The Balaban J connectivity index is 1.17. The molecule has 15 atom stereocenters. The zero-order valence-corrected chi connectivity index (χ0v) is 45.1. The van der Waals surface area contributed by atoms with Crippen molar-refractivity contribution in [1.29, 1.82) is 0 Å². The zero-order chi connectivity index (χ0) is 61.7. The van der Waals surface area contributed by atoms with Gasteiger partial charge in [-0.2, -0.15) is 0 Å². The van der Waals surface area contributed by atoms with E-state index < -0.39 is 175 Å². The summed E-state index contributed by atoms with van der Waals surface area (Å²) in [6.45, 7) is -2.70. The first-order valence-electron chi connectivity index (χ1n) is 25.5. The Bertz CT molecular complexity index is 3270. The van der Waals surface area contributed by atoms with Crippen LogP contribution in [0.2, 0.25) is 0 Å². The molecule has 30 heteroatoms. The van der Waals surface area contributed by atoms with Gasteiger partial charge in [-0.15, -0.1) is 0 Å². The normalized spacial score (nSPS) is 27.8. The summed E-state index contributed by atoms with van der Waals surface area (Å²) in [5.74, 6) is -7.22. The first-order chi connectivity index (χ1) is 40.5. The number of methoxy groups -OCH3 is 4. The van der Waals surface area contributed by atoms with Crippen molar-refractivity contribution < 1.29 is 142 Å². The maximum absolute atomic E-state index is 14.7. The van der Waals surface area contributed by atoms with Crippen LogP contribution < -0.4 is 38.6 Å². The van der Waals surface area contributed by atoms with Gasteiger partial charge in [0.15, 0.2) is 46.4 Å². The van der Waals surface area contributed by atoms with Crippen LogP contribution in [0.25, 0.3) is 34.4 Å². The molecule has 14 N–H and O–H groups in total. The number of benzene rings is 4. The van der Waals surface area contributed by atoms with Gasteiger partial charge in [0.05, 0.1) is 41.7 Å². The SMILES string of the molecule is COc1cc(/C=C/C(=O)OC[C@H]2O[C@@H](Oc3cc(-c4oc5cc(O)cc(O)c5c(=O)c4O[C@@H]4O[C@H](CO)[C@@H](O)[C@H](O)[C@H]4OC(=O)/C=C/c4cc(OC)c(O)c(OC)c4)ccc3O[C@@H]3O[C@H](CO)[C@@H](O)[C@@H](O)[C@@H]3O)[C@H](O)[C@@H](O)[C@@H]2O)cc(OC)c1O. The molecule has 4 heterocycles. The number of hydrogen-bond donors (Lipinski definition) is 14. The van der Waals surface area contributed by atoms with E-state index in [2.05, 4.69) is 0 Å². The minimum Gasteiger partial charge on any atom is -0.508 e. The van der Waals surface area contributed by atoms with E-state index >= 15 is 0 Å². The van der Waals surface area contributed by atoms with Crippen LogP contribution in [-0.2, 0) is 33.3 Å². The third-order valence-corrected chi connectivity index (χ3v) is 13.7. The molecule has 8 rings (SSSR count). The highest BCUT2D eigenvalue weighted by Gasteiger charge is 2.50. The first kappa shape index (κ1) is 62.8. The fourth-order valence-corrected chi connectivity index (χ4v) is 9.10. The smallest absolute Gasteiger partial charge is 0.331 e. The average molecular weight is 1200 g/mol. The third-order valence-electron chi connectivity index (χ3n) is 13.7. The molecule has 3 aliphatic heterocycles. The standard InChI is InChI=1S/C55H60O30/c1-73-29-11-21(12-30(74-2)39(29)62)5-9-36(60)77-20-35-43(66)46(69)49(72)54(83-35)80-27-15-23(7-8-26(27)79-53-48(71)45(68)41(64)33(18-56)81-53)50-51(44(67)38-25(59)16-24(58)17-28(38)78-50)85-55-52(47(70)42(65)34(19-57)82-55)84-37(61)10-6-22-13-31(75-3)40(63)32(14-22)76-4/h5-17,33-35,41-43,45-49,52-59,62-66,68-72H,18-20H2,1-4H3/b9-5+,10-6+/t33-,34-,35-,41-,42-,43-,45-,46+,47+,48+,49-,52-,53-,54-,55+/m1/s1. The highest BCUT2D eigenvalue weighted by molar-refractivity contribution is 5.89. The number of ether oxygens (including phenoxy) is 12. The Kier molecular flexibility index (Phi) is 19.8. The van der Waals surface area contributed by atoms with E-state index in [0.717, 1.165) is 42.5 Å². The number of aliphatic hydroxyl groups excluding tert-OH is 10. The molecule has 4 aromatic carbocycles. The molecule has 1 aromatic heterocycles. The largest absolute Gasteiger partial charge is 0.508 e. The van der Waals surface area contributed by atoms with Gasteiger partial charge in [0, 0.05) is 29.8 Å². The summed E-state index contributed by atoms with van der Waals surface area (Å²) in [4.78, 5) is 41.2. The van der Waals surface area contributed by atoms with Crippen LogP contribution in [0.1, 0.15) is 11.1 Å². The van der Waals surface area contributed by atoms with Crippen molar-refractivity contribution in [2.45, 2.75) is 92.1 Å². The molecule has 85 heavy (non-hydrogen) atoms. The predicted molar refractivity (Wildman–Crippen MR) is 283 cm³/mol. The van der Waals surface area contributed by atoms with Crippen molar-refractivity contribution in [3.05, 3.63) is 88.1 Å². The lowest BCUT2D eigenvalue weighted by Gasteiger charge is -2.41. The highest BCUT2D eigenvalue weighted by atomic mass is 16.7. The van der Waals surface area contributed by atoms with Crippen LogP contribution >= 0.6 is 0 Å². The number of esters is 2. The number of phenolic OH excluding ortho intramolecular Hbond substituents is 4. The molecule has 0 aliphatic carbocycles. The molecule has 5 aromatic rings. The van der Waals surface area contributed by atoms with Gasteiger partial charge in [0.2, 0.25) is 41.5 Å². The summed E-state index contributed by atoms with van der Waals surface area (Å²) in [6, 6.07) is 10.2. The number of rotatable bonds is 20. The van der Waals surface area contributed by atoms with Crippen LogP contribution in [0, 0.1) is 0 Å². The third kappa shape index (κ3) is 13.4. The fourth-order valence-electron chi connectivity index (χ4n) is 9.10. The first-order valence-corrected chi connectivity index (χ1v) is 25.5. The lowest BCUT2D eigenvalue weighted by molar-refractivity contribution is -0.282. The minimum atomic E-state index is -2.17. The highest BCUT2D eigenvalue weighted by Crippen LogP contribution is 2.43. The Morgan fingerprint density at radius 3 is 1.54 bits per heavy atom. The van der Waals surface area contributed by atoms with E-state index in [-0.39, 0.29) is 45.6 Å². The topological polar surface area (TPSA) is 458 Å². The second kappa shape index (κ2) is 26.8. The average Bonchev–Trinajstić information content (AvgIpc) is 3.64. The monoisotopic (exact) mass is 1200 g/mol. The Morgan fingerprint density at radius 2 is 1.01 bits per heavy atom. The molecule has 3 aliphatic rings. The summed E-state index contributed by atoms with van der Waals surface area (Å²) < 4.78 is 72.8. The molecular formula is C55H60O30. The summed E-state index contributed by atoms with van der Waals surface area (Å²) in [5.41, 5.74) is -1.55. The molecule has 0 amide bonds. The summed E-state index contributed by atoms with van der Waals surface area (Å²) in [6.07, 6.45) is -25.1. The lowest BCUT2D eigenvalue weighted by atomic mass is 9.99. The van der Waals surface area contributed by atoms with Gasteiger partial charge in [-0.1, -0.05) is 0 Å². The molecular weight excluding hydrogens is 1140 g/mol. The van der Waals surface area contributed by atoms with Gasteiger partial charge >= 0.3 is 11.9 Å². The predicted octanol–water partition coefficient (Wildman–Crippen LogP) is -1.62. The lowest BCUT2D eigenvalue weighted by Crippen LogP contribution is -2.61. The summed E-state index contributed by atoms with van der Waals surface area (Å²) in [5, 5.41) is 150. The Hall–Kier alpha value is -8.21. The van der Waals surface area contributed by atoms with Crippen LogP contribution in [0.4, 0.5) is 0 Å². The van der Waals surface area contributed by atoms with Crippen molar-refractivity contribution >= 4 is 35.1 Å². The molecule has 30 nitrogen and oxygen atoms in total. The number of aromatic hydroxyl groups is 4. The van der Waals surface area contributed by atoms with E-state index in [1.165, 1.54) is 64.9 Å². The number of carbonyl (C=O) groups excluding carboxylic acids is 2. The molecule has 0 radical (unpaired) electrons. The number of fused-ring (bicyclic) bond motifs is 1. The quantitative estimate of drug-likeness (QED) is 0.0308. The molecule has 0 spiro atoms. The summed E-state index contributed by atoms with van der Waals surface area (Å²) >= 11 is 0. The second-order valence-corrected chi connectivity index (χ2v) is 19.1. The van der Waals surface area contributed by atoms with Gasteiger partial charge < -0.3 is 133 Å². The van der Waals surface area contributed by atoms with Gasteiger partial charge in [0.25, 0.3) is 0 Å². The number of phenols is 4. The Morgan fingerprint density at radius 1 is 0.529 bits per heavy atom. The van der Waals surface area contributed by atoms with E-state index in [1.54, 1.807) is 0 Å². The van der Waals surface area contributed by atoms with Crippen molar-refractivity contribution in [3.8, 4) is 74.6 Å². The number of hydrogen-bond acceptors (Lipinski definition) is 30. The van der Waals surface area contributed by atoms with E-state index in [9.17, 15) is 85.9 Å². The zero-order valence-electron chi connectivity index (χ0n) is 45.1. The van der Waals surface area contributed by atoms with Crippen molar-refractivity contribution in [2.75, 3.05) is 48.3 Å². The molecule has 0 unspecified atom stereocenters. The van der Waals surface area contributed by atoms with Gasteiger partial charge in [-0.3, -0.25) is 4.79 Å². The van der Waals surface area contributed by atoms with Crippen molar-refractivity contribution in [3.63, 3.8) is 0 Å². The molecule has 3 saturated heterocycles. The molecule has 460 valence electrons. The van der Waals surface area contributed by atoms with Crippen LogP contribution in [0.3, 0.4) is 0 Å². The van der Waals surface area contributed by atoms with Gasteiger partial charge in [-0.05, 0) is 65.7 Å². The molecule has 0 saturated carbocycles. The maximum atomic E-state index is 14.7.